The second kappa shape index (κ2) is 5.67. The predicted molar refractivity (Wildman–Crippen MR) is 72.3 cm³/mol. The lowest BCUT2D eigenvalue weighted by Gasteiger charge is -2.20. The lowest BCUT2D eigenvalue weighted by atomic mass is 9.62. The van der Waals surface area contributed by atoms with Gasteiger partial charge in [-0.2, -0.15) is 0 Å². The van der Waals surface area contributed by atoms with E-state index in [1.807, 2.05) is 20.8 Å². The van der Waals surface area contributed by atoms with Crippen LogP contribution in [0.5, 0.6) is 0 Å². The summed E-state index contributed by atoms with van der Waals surface area (Å²) in [5, 5.41) is 0. The molecule has 0 saturated carbocycles. The van der Waals surface area contributed by atoms with Crippen LogP contribution in [0.1, 0.15) is 20.8 Å². The zero-order valence-electron chi connectivity index (χ0n) is 12.1. The molecular formula is C12H20B2O6. The predicted octanol–water partition coefficient (Wildman–Crippen LogP) is 0.977. The molecule has 3 rings (SSSR count). The van der Waals surface area contributed by atoms with Gasteiger partial charge in [-0.05, 0) is 6.32 Å². The number of ether oxygens (including phenoxy) is 2. The molecule has 3 fully saturated rings. The summed E-state index contributed by atoms with van der Waals surface area (Å²) in [6.07, 6.45) is 0.183. The third-order valence-electron chi connectivity index (χ3n) is 4.17. The molecule has 0 radical (unpaired) electrons. The Bertz CT molecular complexity index is 377. The quantitative estimate of drug-likeness (QED) is 0.553. The fraction of sp³-hybridized carbons (Fsp3) is 0.917. The molecule has 0 N–H and O–H groups in total. The van der Waals surface area contributed by atoms with Gasteiger partial charge in [-0.25, -0.2) is 4.79 Å². The maximum Gasteiger partial charge on any atom is 0.458 e. The first-order valence-electron chi connectivity index (χ1n) is 7.50. The third-order valence-corrected chi connectivity index (χ3v) is 4.17. The minimum atomic E-state index is -0.664. The maximum atomic E-state index is 12.0. The Balaban J connectivity index is 1.68. The molecule has 3 saturated heterocycles. The standard InChI is InChI=1S/C12H20B2O6/c1-4-13(5-2)18-9-7-8(16-11(9)15)10-12(17-7)20-14(6-3)19-10/h7-10,12H,4-6H2,1-3H3. The van der Waals surface area contributed by atoms with Gasteiger partial charge in [0.05, 0.1) is 0 Å². The number of rotatable bonds is 5. The summed E-state index contributed by atoms with van der Waals surface area (Å²) in [6.45, 7) is 6.09. The first-order valence-corrected chi connectivity index (χ1v) is 7.50. The minimum Gasteiger partial charge on any atom is -0.455 e. The van der Waals surface area contributed by atoms with Gasteiger partial charge in [-0.15, -0.1) is 0 Å². The largest absolute Gasteiger partial charge is 0.458 e. The van der Waals surface area contributed by atoms with Crippen molar-refractivity contribution in [2.45, 2.75) is 70.4 Å². The van der Waals surface area contributed by atoms with Crippen molar-refractivity contribution in [3.63, 3.8) is 0 Å². The Morgan fingerprint density at radius 2 is 1.90 bits per heavy atom. The Kier molecular flexibility index (Phi) is 4.08. The molecule has 0 aromatic rings. The van der Waals surface area contributed by atoms with E-state index < -0.39 is 24.6 Å². The highest BCUT2D eigenvalue weighted by Crippen LogP contribution is 2.39. The van der Waals surface area contributed by atoms with E-state index in [2.05, 4.69) is 0 Å². The second-order valence-corrected chi connectivity index (χ2v) is 5.44. The fourth-order valence-electron chi connectivity index (χ4n) is 2.99. The van der Waals surface area contributed by atoms with Crippen molar-refractivity contribution >= 4 is 20.0 Å². The average molecular weight is 282 g/mol. The molecule has 0 aliphatic carbocycles. The van der Waals surface area contributed by atoms with Gasteiger partial charge in [0.25, 0.3) is 6.92 Å². The van der Waals surface area contributed by atoms with E-state index in [0.717, 1.165) is 19.0 Å². The highest BCUT2D eigenvalue weighted by atomic mass is 16.8. The van der Waals surface area contributed by atoms with Crippen LogP contribution in [0.2, 0.25) is 19.0 Å². The lowest BCUT2D eigenvalue weighted by Crippen LogP contribution is -2.39. The highest BCUT2D eigenvalue weighted by Gasteiger charge is 2.62. The molecule has 5 atom stereocenters. The molecule has 0 bridgehead atoms. The smallest absolute Gasteiger partial charge is 0.455 e. The van der Waals surface area contributed by atoms with Gasteiger partial charge >= 0.3 is 13.1 Å². The van der Waals surface area contributed by atoms with Crippen molar-refractivity contribution in [1.29, 1.82) is 0 Å². The lowest BCUT2D eigenvalue weighted by molar-refractivity contribution is -0.153. The molecule has 5 unspecified atom stereocenters. The summed E-state index contributed by atoms with van der Waals surface area (Å²) in [6, 6.07) is 0. The van der Waals surface area contributed by atoms with Crippen molar-refractivity contribution in [2.75, 3.05) is 0 Å². The molecule has 8 heteroatoms. The van der Waals surface area contributed by atoms with E-state index in [4.69, 9.17) is 23.4 Å². The van der Waals surface area contributed by atoms with Gasteiger partial charge in [-0.3, -0.25) is 0 Å². The summed E-state index contributed by atoms with van der Waals surface area (Å²) < 4.78 is 28.4. The number of carbonyl (C=O) groups excluding carboxylic acids is 1. The zero-order valence-corrected chi connectivity index (χ0v) is 12.1. The van der Waals surface area contributed by atoms with Crippen molar-refractivity contribution in [2.24, 2.45) is 0 Å². The van der Waals surface area contributed by atoms with Crippen molar-refractivity contribution in [3.8, 4) is 0 Å². The summed E-state index contributed by atoms with van der Waals surface area (Å²) in [5.41, 5.74) is 0. The van der Waals surface area contributed by atoms with Gasteiger partial charge in [0.15, 0.2) is 18.5 Å². The van der Waals surface area contributed by atoms with Crippen LogP contribution in [-0.4, -0.2) is 50.7 Å². The van der Waals surface area contributed by atoms with Gasteiger partial charge in [0, 0.05) is 0 Å². The molecule has 3 aliphatic heterocycles. The summed E-state index contributed by atoms with van der Waals surface area (Å²) >= 11 is 0. The van der Waals surface area contributed by atoms with E-state index in [0.29, 0.717) is 0 Å². The van der Waals surface area contributed by atoms with Crippen LogP contribution in [-0.2, 0) is 28.2 Å². The molecule has 110 valence electrons. The minimum absolute atomic E-state index is 0.0422. The van der Waals surface area contributed by atoms with E-state index in [9.17, 15) is 4.79 Å². The van der Waals surface area contributed by atoms with Crippen molar-refractivity contribution in [3.05, 3.63) is 0 Å². The topological polar surface area (TPSA) is 63.2 Å². The number of carbonyl (C=O) groups is 1. The van der Waals surface area contributed by atoms with Gasteiger partial charge in [0.2, 0.25) is 0 Å². The van der Waals surface area contributed by atoms with Crippen LogP contribution < -0.4 is 0 Å². The normalized spacial score (nSPS) is 38.9. The second-order valence-electron chi connectivity index (χ2n) is 5.44. The van der Waals surface area contributed by atoms with Gasteiger partial charge in [0.1, 0.15) is 12.2 Å². The molecule has 20 heavy (non-hydrogen) atoms. The average Bonchev–Trinajstić information content (AvgIpc) is 3.07. The van der Waals surface area contributed by atoms with E-state index in [1.165, 1.54) is 0 Å². The Labute approximate surface area is 119 Å². The SMILES string of the molecule is CCB(CC)OC1C(=O)OC2C3OB(CC)OC3OC12. The van der Waals surface area contributed by atoms with Crippen LogP contribution >= 0.6 is 0 Å². The first-order chi connectivity index (χ1) is 9.67. The van der Waals surface area contributed by atoms with Crippen molar-refractivity contribution < 1.29 is 28.2 Å². The van der Waals surface area contributed by atoms with E-state index in [1.54, 1.807) is 0 Å². The van der Waals surface area contributed by atoms with E-state index >= 15 is 0 Å². The molecule has 0 amide bonds. The molecule has 0 spiro atoms. The zero-order chi connectivity index (χ0) is 14.3. The number of esters is 1. The maximum absolute atomic E-state index is 12.0. The molecular weight excluding hydrogens is 262 g/mol. The Hall–Kier alpha value is -0.560. The number of hydrogen-bond acceptors (Lipinski definition) is 6. The van der Waals surface area contributed by atoms with Gasteiger partial charge in [-0.1, -0.05) is 33.4 Å². The monoisotopic (exact) mass is 282 g/mol. The first kappa shape index (κ1) is 14.4. The molecule has 6 nitrogen and oxygen atoms in total. The Morgan fingerprint density at radius 3 is 2.55 bits per heavy atom. The summed E-state index contributed by atoms with van der Waals surface area (Å²) in [5.74, 6) is -0.353. The number of fused-ring (bicyclic) bond motifs is 3. The van der Waals surface area contributed by atoms with Crippen LogP contribution in [0.15, 0.2) is 0 Å². The fourth-order valence-corrected chi connectivity index (χ4v) is 2.99. The van der Waals surface area contributed by atoms with Crippen LogP contribution in [0.25, 0.3) is 0 Å². The van der Waals surface area contributed by atoms with E-state index in [-0.39, 0.29) is 26.1 Å². The summed E-state index contributed by atoms with van der Waals surface area (Å²) in [7, 11) is -0.274. The molecule has 3 aliphatic rings. The Morgan fingerprint density at radius 1 is 1.15 bits per heavy atom. The van der Waals surface area contributed by atoms with Crippen molar-refractivity contribution in [1.82, 2.24) is 0 Å². The molecule has 0 aromatic heterocycles. The number of hydrogen-bond donors (Lipinski definition) is 0. The van der Waals surface area contributed by atoms with Crippen LogP contribution in [0.4, 0.5) is 0 Å². The van der Waals surface area contributed by atoms with Crippen LogP contribution in [0.3, 0.4) is 0 Å². The highest BCUT2D eigenvalue weighted by molar-refractivity contribution is 6.51. The molecule has 3 heterocycles. The third kappa shape index (κ3) is 2.28. The van der Waals surface area contributed by atoms with Gasteiger partial charge < -0.3 is 23.4 Å². The summed E-state index contributed by atoms with van der Waals surface area (Å²) in [4.78, 5) is 12.0. The molecule has 0 aromatic carbocycles. The van der Waals surface area contributed by atoms with Crippen LogP contribution in [0, 0.1) is 0 Å².